The van der Waals surface area contributed by atoms with Crippen molar-refractivity contribution in [2.24, 2.45) is 0 Å². The van der Waals surface area contributed by atoms with Gasteiger partial charge in [0.05, 0.1) is 7.11 Å². The number of hydrogen-bond donors (Lipinski definition) is 1. The lowest BCUT2D eigenvalue weighted by molar-refractivity contribution is -0.128. The van der Waals surface area contributed by atoms with Gasteiger partial charge in [-0.3, -0.25) is 4.79 Å². The van der Waals surface area contributed by atoms with E-state index in [1.54, 1.807) is 24.1 Å². The number of aryl methyl sites for hydroxylation is 1. The first-order valence-electron chi connectivity index (χ1n) is 8.26. The number of rotatable bonds is 9. The van der Waals surface area contributed by atoms with Crippen molar-refractivity contribution in [1.82, 2.24) is 9.62 Å². The van der Waals surface area contributed by atoms with Crippen LogP contribution in [-0.4, -0.2) is 46.0 Å². The number of nitrogens with one attached hydrogen (secondary N) is 1. The van der Waals surface area contributed by atoms with E-state index < -0.39 is 10.0 Å². The fourth-order valence-electron chi connectivity index (χ4n) is 2.46. The van der Waals surface area contributed by atoms with Gasteiger partial charge in [0, 0.05) is 31.4 Å². The molecular weight excluding hydrogens is 372 g/mol. The van der Waals surface area contributed by atoms with Crippen LogP contribution in [0.2, 0.25) is 0 Å². The molecule has 0 atom stereocenters. The molecule has 0 saturated heterocycles. The third-order valence-corrected chi connectivity index (χ3v) is 6.86. The number of methoxy groups -OCH3 is 1. The van der Waals surface area contributed by atoms with E-state index in [0.29, 0.717) is 23.7 Å². The Morgan fingerprint density at radius 1 is 1.23 bits per heavy atom. The Kier molecular flexibility index (Phi) is 7.19. The lowest BCUT2D eigenvalue weighted by Gasteiger charge is -2.21. The highest BCUT2D eigenvalue weighted by Crippen LogP contribution is 2.20. The van der Waals surface area contributed by atoms with Gasteiger partial charge in [-0.1, -0.05) is 12.1 Å². The van der Waals surface area contributed by atoms with Gasteiger partial charge in [0.1, 0.15) is 9.96 Å². The molecule has 0 aliphatic heterocycles. The molecule has 142 valence electrons. The summed E-state index contributed by atoms with van der Waals surface area (Å²) in [5.41, 5.74) is 1.06. The van der Waals surface area contributed by atoms with E-state index >= 15 is 0 Å². The van der Waals surface area contributed by atoms with E-state index in [9.17, 15) is 13.2 Å². The molecule has 0 radical (unpaired) electrons. The molecule has 1 heterocycles. The maximum atomic E-state index is 12.2. The maximum absolute atomic E-state index is 12.2. The van der Waals surface area contributed by atoms with Crippen LogP contribution in [0.4, 0.5) is 0 Å². The molecule has 6 nitrogen and oxygen atoms in total. The zero-order valence-corrected chi connectivity index (χ0v) is 16.8. The maximum Gasteiger partial charge on any atom is 0.250 e. The van der Waals surface area contributed by atoms with Crippen LogP contribution in [0.1, 0.15) is 17.4 Å². The SMILES string of the molecule is COc1cccc(CCN(CCNS(=O)(=O)c2ccc(C)s2)C(C)=O)c1. The Labute approximate surface area is 158 Å². The number of hydrogen-bond acceptors (Lipinski definition) is 5. The first kappa shape index (κ1) is 20.4. The molecule has 2 aromatic rings. The van der Waals surface area contributed by atoms with E-state index in [1.807, 2.05) is 31.2 Å². The number of sulfonamides is 1. The molecule has 0 fully saturated rings. The van der Waals surface area contributed by atoms with Gasteiger partial charge in [-0.25, -0.2) is 13.1 Å². The summed E-state index contributed by atoms with van der Waals surface area (Å²) in [5.74, 6) is 0.690. The lowest BCUT2D eigenvalue weighted by atomic mass is 10.1. The molecule has 0 bridgehead atoms. The van der Waals surface area contributed by atoms with Crippen LogP contribution in [0.3, 0.4) is 0 Å². The standard InChI is InChI=1S/C18H24N2O4S2/c1-14-7-8-18(25-14)26(22,23)19-10-12-20(15(2)21)11-9-16-5-4-6-17(13-16)24-3/h4-8,13,19H,9-12H2,1-3H3. The summed E-state index contributed by atoms with van der Waals surface area (Å²) >= 11 is 1.23. The van der Waals surface area contributed by atoms with Crippen LogP contribution >= 0.6 is 11.3 Å². The van der Waals surface area contributed by atoms with E-state index in [1.165, 1.54) is 18.3 Å². The van der Waals surface area contributed by atoms with E-state index in [0.717, 1.165) is 16.2 Å². The van der Waals surface area contributed by atoms with E-state index in [2.05, 4.69) is 4.72 Å². The predicted molar refractivity (Wildman–Crippen MR) is 103 cm³/mol. The van der Waals surface area contributed by atoms with Crippen LogP contribution in [0.5, 0.6) is 5.75 Å². The van der Waals surface area contributed by atoms with Crippen molar-refractivity contribution in [1.29, 1.82) is 0 Å². The molecule has 0 aliphatic carbocycles. The molecule has 0 saturated carbocycles. The van der Waals surface area contributed by atoms with Gasteiger partial charge >= 0.3 is 0 Å². The average Bonchev–Trinajstić information content (AvgIpc) is 3.05. The third-order valence-electron chi connectivity index (χ3n) is 3.90. The smallest absolute Gasteiger partial charge is 0.250 e. The highest BCUT2D eigenvalue weighted by atomic mass is 32.2. The first-order valence-corrected chi connectivity index (χ1v) is 10.6. The molecular formula is C18H24N2O4S2. The van der Waals surface area contributed by atoms with Gasteiger partial charge in [-0.05, 0) is 43.2 Å². The molecule has 0 aliphatic rings. The summed E-state index contributed by atoms with van der Waals surface area (Å²) in [5, 5.41) is 0. The summed E-state index contributed by atoms with van der Waals surface area (Å²) in [6.45, 7) is 4.37. The normalized spacial score (nSPS) is 11.3. The average molecular weight is 397 g/mol. The molecule has 2 rings (SSSR count). The van der Waals surface area contributed by atoms with Crippen molar-refractivity contribution in [2.45, 2.75) is 24.5 Å². The van der Waals surface area contributed by atoms with Gasteiger partial charge in [-0.2, -0.15) is 0 Å². The van der Waals surface area contributed by atoms with Crippen molar-refractivity contribution in [3.63, 3.8) is 0 Å². The van der Waals surface area contributed by atoms with Crippen LogP contribution in [0, 0.1) is 6.92 Å². The van der Waals surface area contributed by atoms with Crippen LogP contribution < -0.4 is 9.46 Å². The quantitative estimate of drug-likeness (QED) is 0.706. The Morgan fingerprint density at radius 3 is 2.62 bits per heavy atom. The van der Waals surface area contributed by atoms with Crippen LogP contribution in [0.15, 0.2) is 40.6 Å². The number of ether oxygens (including phenoxy) is 1. The van der Waals surface area contributed by atoms with E-state index in [-0.39, 0.29) is 12.5 Å². The summed E-state index contributed by atoms with van der Waals surface area (Å²) in [6.07, 6.45) is 0.674. The number of carbonyl (C=O) groups excluding carboxylic acids is 1. The highest BCUT2D eigenvalue weighted by molar-refractivity contribution is 7.91. The summed E-state index contributed by atoms with van der Waals surface area (Å²) in [4.78, 5) is 14.4. The molecule has 0 spiro atoms. The number of carbonyl (C=O) groups is 1. The molecule has 1 aromatic heterocycles. The van der Waals surface area contributed by atoms with Crippen molar-refractivity contribution in [3.8, 4) is 5.75 Å². The van der Waals surface area contributed by atoms with Crippen molar-refractivity contribution < 1.29 is 17.9 Å². The molecule has 1 aromatic carbocycles. The number of nitrogens with zero attached hydrogens (tertiary/aromatic N) is 1. The summed E-state index contributed by atoms with van der Waals surface area (Å²) in [6, 6.07) is 11.0. The predicted octanol–water partition coefficient (Wildman–Crippen LogP) is 2.43. The second-order valence-electron chi connectivity index (χ2n) is 5.87. The molecule has 1 amide bonds. The summed E-state index contributed by atoms with van der Waals surface area (Å²) < 4.78 is 32.5. The topological polar surface area (TPSA) is 75.7 Å². The second kappa shape index (κ2) is 9.16. The first-order chi connectivity index (χ1) is 12.3. The van der Waals surface area contributed by atoms with Gasteiger partial charge in [0.25, 0.3) is 0 Å². The zero-order chi connectivity index (χ0) is 19.2. The minimum atomic E-state index is -3.52. The van der Waals surface area contributed by atoms with Gasteiger partial charge < -0.3 is 9.64 Å². The molecule has 26 heavy (non-hydrogen) atoms. The van der Waals surface area contributed by atoms with Gasteiger partial charge in [0.15, 0.2) is 0 Å². The Bertz CT molecular complexity index is 846. The van der Waals surface area contributed by atoms with Crippen molar-refractivity contribution >= 4 is 27.3 Å². The van der Waals surface area contributed by atoms with Crippen molar-refractivity contribution in [3.05, 3.63) is 46.8 Å². The minimum absolute atomic E-state index is 0.0842. The molecule has 1 N–H and O–H groups in total. The van der Waals surface area contributed by atoms with E-state index in [4.69, 9.17) is 4.74 Å². The largest absolute Gasteiger partial charge is 0.497 e. The molecule has 8 heteroatoms. The lowest BCUT2D eigenvalue weighted by Crippen LogP contribution is -2.38. The minimum Gasteiger partial charge on any atom is -0.497 e. The Balaban J connectivity index is 1.89. The highest BCUT2D eigenvalue weighted by Gasteiger charge is 2.17. The number of benzene rings is 1. The third kappa shape index (κ3) is 5.82. The fraction of sp³-hybridized carbons (Fsp3) is 0.389. The summed E-state index contributed by atoms with van der Waals surface area (Å²) in [7, 11) is -1.91. The second-order valence-corrected chi connectivity index (χ2v) is 9.15. The van der Waals surface area contributed by atoms with Gasteiger partial charge in [-0.15, -0.1) is 11.3 Å². The van der Waals surface area contributed by atoms with Crippen LogP contribution in [0.25, 0.3) is 0 Å². The molecule has 0 unspecified atom stereocenters. The Morgan fingerprint density at radius 2 is 2.00 bits per heavy atom. The monoisotopic (exact) mass is 396 g/mol. The Hall–Kier alpha value is -1.90. The fourth-order valence-corrected chi connectivity index (χ4v) is 4.81. The zero-order valence-electron chi connectivity index (χ0n) is 15.2. The van der Waals surface area contributed by atoms with Gasteiger partial charge in [0.2, 0.25) is 15.9 Å². The number of thiophene rings is 1. The number of amides is 1. The van der Waals surface area contributed by atoms with Crippen LogP contribution in [-0.2, 0) is 21.2 Å². The van der Waals surface area contributed by atoms with Crippen molar-refractivity contribution in [2.75, 3.05) is 26.7 Å².